The maximum absolute atomic E-state index is 12.6. The molecule has 33 heavy (non-hydrogen) atoms. The molecule has 0 unspecified atom stereocenters. The molecule has 3 heterocycles. The molecular formula is C24H35N7O2. The number of benzene rings is 1. The largest absolute Gasteiger partial charge is 0.354 e. The van der Waals surface area contributed by atoms with Crippen molar-refractivity contribution in [2.45, 2.75) is 32.2 Å². The van der Waals surface area contributed by atoms with Crippen molar-refractivity contribution in [2.75, 3.05) is 51.1 Å². The monoisotopic (exact) mass is 453 g/mol. The summed E-state index contributed by atoms with van der Waals surface area (Å²) in [7, 11) is 0. The van der Waals surface area contributed by atoms with Crippen molar-refractivity contribution >= 4 is 11.8 Å². The second-order valence-corrected chi connectivity index (χ2v) is 9.11. The summed E-state index contributed by atoms with van der Waals surface area (Å²) in [5.41, 5.74) is 7.79. The van der Waals surface area contributed by atoms with Crippen molar-refractivity contribution in [1.29, 1.82) is 0 Å². The van der Waals surface area contributed by atoms with Crippen LogP contribution in [0.5, 0.6) is 0 Å². The first-order valence-corrected chi connectivity index (χ1v) is 11.9. The van der Waals surface area contributed by atoms with Gasteiger partial charge in [-0.05, 0) is 62.0 Å². The number of hydrogen-bond acceptors (Lipinski definition) is 6. The molecule has 2 aromatic rings. The van der Waals surface area contributed by atoms with E-state index in [9.17, 15) is 9.59 Å². The second kappa shape index (κ2) is 10.9. The highest BCUT2D eigenvalue weighted by Gasteiger charge is 2.20. The standard InChI is InChI=1S/C24H35N7O2/c1-18-6-12-29(14-8-21(18)25)13-7-19-2-4-20(5-3-19)31-15-9-22(28-24(31)33)27-23(32)30-16-10-26-11-17-30/h2-5,9,15,18,21,26H,6-8,10-14,16-17,25H2,1H3,(H,27,28,32,33)/t18-,21-/m1/s1. The van der Waals surface area contributed by atoms with Crippen molar-refractivity contribution in [3.63, 3.8) is 0 Å². The lowest BCUT2D eigenvalue weighted by molar-refractivity contribution is 0.204. The lowest BCUT2D eigenvalue weighted by atomic mass is 9.98. The Morgan fingerprint density at radius 3 is 2.58 bits per heavy atom. The van der Waals surface area contributed by atoms with Crippen molar-refractivity contribution in [3.8, 4) is 5.69 Å². The van der Waals surface area contributed by atoms with Crippen molar-refractivity contribution in [3.05, 3.63) is 52.6 Å². The Kier molecular flexibility index (Phi) is 7.74. The van der Waals surface area contributed by atoms with Gasteiger partial charge in [0.1, 0.15) is 5.82 Å². The highest BCUT2D eigenvalue weighted by molar-refractivity contribution is 5.88. The number of carbonyl (C=O) groups is 1. The Morgan fingerprint density at radius 2 is 1.85 bits per heavy atom. The van der Waals surface area contributed by atoms with E-state index in [1.807, 2.05) is 12.1 Å². The number of nitrogens with two attached hydrogens (primary N) is 1. The smallest absolute Gasteiger partial charge is 0.327 e. The number of carbonyl (C=O) groups excluding carboxylic acids is 1. The molecule has 1 aromatic carbocycles. The summed E-state index contributed by atoms with van der Waals surface area (Å²) >= 11 is 0. The number of amides is 2. The average molecular weight is 454 g/mol. The number of likely N-dealkylation sites (tertiary alicyclic amines) is 1. The van der Waals surface area contributed by atoms with E-state index in [1.165, 1.54) is 10.1 Å². The number of aromatic nitrogens is 2. The summed E-state index contributed by atoms with van der Waals surface area (Å²) in [6.07, 6.45) is 4.83. The quantitative estimate of drug-likeness (QED) is 0.629. The van der Waals surface area contributed by atoms with Crippen molar-refractivity contribution in [2.24, 2.45) is 11.7 Å². The lowest BCUT2D eigenvalue weighted by Crippen LogP contribution is -2.48. The Hall–Kier alpha value is -2.75. The predicted molar refractivity (Wildman–Crippen MR) is 130 cm³/mol. The molecule has 2 fully saturated rings. The highest BCUT2D eigenvalue weighted by Crippen LogP contribution is 2.17. The lowest BCUT2D eigenvalue weighted by Gasteiger charge is -2.27. The molecule has 2 saturated heterocycles. The zero-order valence-corrected chi connectivity index (χ0v) is 19.4. The van der Waals surface area contributed by atoms with E-state index < -0.39 is 5.69 Å². The Labute approximate surface area is 195 Å². The molecule has 9 nitrogen and oxygen atoms in total. The zero-order valence-electron chi connectivity index (χ0n) is 19.4. The summed E-state index contributed by atoms with van der Waals surface area (Å²) in [6.45, 7) is 8.24. The van der Waals surface area contributed by atoms with Crippen molar-refractivity contribution in [1.82, 2.24) is 24.7 Å². The van der Waals surface area contributed by atoms with E-state index in [2.05, 4.69) is 39.6 Å². The fourth-order valence-electron chi connectivity index (χ4n) is 4.39. The minimum absolute atomic E-state index is 0.230. The first kappa shape index (κ1) is 23.4. The van der Waals surface area contributed by atoms with Crippen LogP contribution >= 0.6 is 0 Å². The van der Waals surface area contributed by atoms with Crippen LogP contribution in [0.25, 0.3) is 5.69 Å². The van der Waals surface area contributed by atoms with E-state index >= 15 is 0 Å². The number of nitrogens with zero attached hydrogens (tertiary/aromatic N) is 4. The molecule has 0 bridgehead atoms. The summed E-state index contributed by atoms with van der Waals surface area (Å²) in [5.74, 6) is 0.853. The van der Waals surface area contributed by atoms with Gasteiger partial charge in [0.2, 0.25) is 0 Å². The van der Waals surface area contributed by atoms with Crippen LogP contribution in [-0.4, -0.2) is 77.2 Å². The first-order chi connectivity index (χ1) is 16.0. The first-order valence-electron chi connectivity index (χ1n) is 11.9. The number of anilines is 1. The van der Waals surface area contributed by atoms with Gasteiger partial charge in [0, 0.05) is 45.0 Å². The molecule has 2 atom stereocenters. The van der Waals surface area contributed by atoms with Crippen LogP contribution in [0.4, 0.5) is 10.6 Å². The summed E-state index contributed by atoms with van der Waals surface area (Å²) < 4.78 is 1.49. The number of nitrogens with one attached hydrogen (secondary N) is 2. The van der Waals surface area contributed by atoms with Gasteiger partial charge in [-0.3, -0.25) is 9.88 Å². The van der Waals surface area contributed by atoms with Gasteiger partial charge < -0.3 is 20.9 Å². The Balaban J connectivity index is 1.33. The zero-order chi connectivity index (χ0) is 23.2. The maximum Gasteiger partial charge on any atom is 0.354 e. The van der Waals surface area contributed by atoms with Crippen LogP contribution in [0.1, 0.15) is 25.3 Å². The van der Waals surface area contributed by atoms with Gasteiger partial charge in [0.05, 0.1) is 5.69 Å². The van der Waals surface area contributed by atoms with Gasteiger partial charge in [-0.1, -0.05) is 19.1 Å². The van der Waals surface area contributed by atoms with Crippen LogP contribution in [0, 0.1) is 5.92 Å². The molecule has 4 N–H and O–H groups in total. The maximum atomic E-state index is 12.6. The summed E-state index contributed by atoms with van der Waals surface area (Å²) in [6, 6.07) is 9.74. The number of urea groups is 1. The Morgan fingerprint density at radius 1 is 1.12 bits per heavy atom. The fourth-order valence-corrected chi connectivity index (χ4v) is 4.39. The molecule has 0 spiro atoms. The molecule has 0 aliphatic carbocycles. The number of piperazine rings is 1. The average Bonchev–Trinajstić information content (AvgIpc) is 2.99. The van der Waals surface area contributed by atoms with E-state index in [0.29, 0.717) is 25.0 Å². The molecule has 2 aliphatic rings. The molecule has 2 aliphatic heterocycles. The molecular weight excluding hydrogens is 418 g/mol. The molecule has 0 radical (unpaired) electrons. The minimum atomic E-state index is -0.420. The molecule has 1 aromatic heterocycles. The number of hydrogen-bond donors (Lipinski definition) is 3. The van der Waals surface area contributed by atoms with Gasteiger partial charge in [-0.2, -0.15) is 4.98 Å². The van der Waals surface area contributed by atoms with E-state index in [1.54, 1.807) is 17.2 Å². The van der Waals surface area contributed by atoms with E-state index in [0.717, 1.165) is 57.7 Å². The van der Waals surface area contributed by atoms with Gasteiger partial charge in [-0.25, -0.2) is 9.59 Å². The fraction of sp³-hybridized carbons (Fsp3) is 0.542. The van der Waals surface area contributed by atoms with Crippen molar-refractivity contribution < 1.29 is 4.79 Å². The molecule has 0 saturated carbocycles. The number of rotatable bonds is 5. The second-order valence-electron chi connectivity index (χ2n) is 9.11. The molecule has 4 rings (SSSR count). The van der Waals surface area contributed by atoms with Gasteiger partial charge in [-0.15, -0.1) is 0 Å². The summed E-state index contributed by atoms with van der Waals surface area (Å²) in [4.78, 5) is 33.1. The van der Waals surface area contributed by atoms with Gasteiger partial charge in [0.25, 0.3) is 0 Å². The van der Waals surface area contributed by atoms with Crippen LogP contribution in [0.3, 0.4) is 0 Å². The topological polar surface area (TPSA) is 109 Å². The minimum Gasteiger partial charge on any atom is -0.327 e. The normalized spacial score (nSPS) is 22.1. The SMILES string of the molecule is C[C@@H]1CCN(CCc2ccc(-n3ccc(NC(=O)N4CCNCC4)nc3=O)cc2)CC[C@H]1N. The van der Waals surface area contributed by atoms with Gasteiger partial charge >= 0.3 is 11.7 Å². The highest BCUT2D eigenvalue weighted by atomic mass is 16.2. The van der Waals surface area contributed by atoms with Crippen LogP contribution in [-0.2, 0) is 6.42 Å². The predicted octanol–water partition coefficient (Wildman–Crippen LogP) is 1.27. The van der Waals surface area contributed by atoms with Crippen LogP contribution in [0.2, 0.25) is 0 Å². The van der Waals surface area contributed by atoms with Gasteiger partial charge in [0.15, 0.2) is 0 Å². The summed E-state index contributed by atoms with van der Waals surface area (Å²) in [5, 5.41) is 5.92. The molecule has 178 valence electrons. The Bertz CT molecular complexity index is 973. The molecule has 2 amide bonds. The third kappa shape index (κ3) is 6.19. The van der Waals surface area contributed by atoms with Crippen LogP contribution < -0.4 is 22.1 Å². The molecule has 9 heteroatoms. The third-order valence-corrected chi connectivity index (χ3v) is 6.78. The van der Waals surface area contributed by atoms with E-state index in [-0.39, 0.29) is 11.8 Å². The van der Waals surface area contributed by atoms with E-state index in [4.69, 9.17) is 5.73 Å². The van der Waals surface area contributed by atoms with Crippen LogP contribution in [0.15, 0.2) is 41.3 Å². The third-order valence-electron chi connectivity index (χ3n) is 6.78.